The smallest absolute Gasteiger partial charge is 0.230 e. The molecule has 3 rings (SSSR count). The van der Waals surface area contributed by atoms with Gasteiger partial charge in [0, 0.05) is 19.3 Å². The number of hydrogen-bond acceptors (Lipinski definition) is 6. The number of piperidine rings is 1. The number of carbonyl (C=O) groups is 1. The number of aromatic nitrogens is 3. The average molecular weight is 350 g/mol. The second kappa shape index (κ2) is 7.48. The molecule has 7 nitrogen and oxygen atoms in total. The highest BCUT2D eigenvalue weighted by Gasteiger charge is 2.29. The Morgan fingerprint density at radius 1 is 1.35 bits per heavy atom. The maximum absolute atomic E-state index is 12.7. The first-order valence-corrected chi connectivity index (χ1v) is 8.72. The van der Waals surface area contributed by atoms with Crippen LogP contribution in [0.1, 0.15) is 35.2 Å². The average Bonchev–Trinajstić information content (AvgIpc) is 2.65. The number of hydrogen-bond donors (Lipinski definition) is 1. The molecule has 1 N–H and O–H groups in total. The minimum atomic E-state index is -0.180. The third-order valence-electron chi connectivity index (χ3n) is 4.89. The molecule has 1 aliphatic rings. The normalized spacial score (nSPS) is 16.8. The van der Waals surface area contributed by atoms with Crippen molar-refractivity contribution in [3.63, 3.8) is 0 Å². The highest BCUT2D eigenvalue weighted by atomic mass is 16.2. The quantitative estimate of drug-likeness (QED) is 0.914. The van der Waals surface area contributed by atoms with Crippen LogP contribution in [0.4, 0.5) is 11.6 Å². The lowest BCUT2D eigenvalue weighted by atomic mass is 9.96. The van der Waals surface area contributed by atoms with Crippen molar-refractivity contribution in [3.8, 4) is 6.07 Å². The van der Waals surface area contributed by atoms with Gasteiger partial charge < -0.3 is 10.2 Å². The molecule has 2 aromatic rings. The number of nitrogens with one attached hydrogen (secondary N) is 1. The van der Waals surface area contributed by atoms with Crippen LogP contribution >= 0.6 is 0 Å². The molecule has 0 spiro atoms. The predicted molar refractivity (Wildman–Crippen MR) is 98.8 cm³/mol. The Balaban J connectivity index is 1.78. The van der Waals surface area contributed by atoms with Gasteiger partial charge in [-0.3, -0.25) is 4.79 Å². The predicted octanol–water partition coefficient (Wildman–Crippen LogP) is 2.52. The van der Waals surface area contributed by atoms with E-state index in [1.54, 1.807) is 6.20 Å². The number of nitriles is 1. The van der Waals surface area contributed by atoms with Gasteiger partial charge >= 0.3 is 0 Å². The molecule has 2 aromatic heterocycles. The summed E-state index contributed by atoms with van der Waals surface area (Å²) in [5, 5.41) is 20.8. The molecule has 0 aromatic carbocycles. The summed E-state index contributed by atoms with van der Waals surface area (Å²) >= 11 is 0. The number of amides is 1. The molecule has 26 heavy (non-hydrogen) atoms. The third kappa shape index (κ3) is 3.49. The molecule has 1 aliphatic heterocycles. The van der Waals surface area contributed by atoms with Crippen molar-refractivity contribution < 1.29 is 4.79 Å². The summed E-state index contributed by atoms with van der Waals surface area (Å²) in [5.74, 6) is 0.937. The zero-order chi connectivity index (χ0) is 18.7. The van der Waals surface area contributed by atoms with Gasteiger partial charge in [0.2, 0.25) is 5.91 Å². The maximum atomic E-state index is 12.7. The summed E-state index contributed by atoms with van der Waals surface area (Å²) in [6.07, 6.45) is 3.33. The molecule has 7 heteroatoms. The van der Waals surface area contributed by atoms with E-state index in [1.165, 1.54) is 0 Å². The van der Waals surface area contributed by atoms with Crippen LogP contribution in [0.2, 0.25) is 0 Å². The van der Waals surface area contributed by atoms with Crippen LogP contribution in [0.3, 0.4) is 0 Å². The van der Waals surface area contributed by atoms with Crippen LogP contribution in [0.15, 0.2) is 18.3 Å². The zero-order valence-corrected chi connectivity index (χ0v) is 15.3. The molecule has 1 fully saturated rings. The van der Waals surface area contributed by atoms with Gasteiger partial charge in [-0.25, -0.2) is 4.98 Å². The van der Waals surface area contributed by atoms with E-state index >= 15 is 0 Å². The van der Waals surface area contributed by atoms with Gasteiger partial charge in [-0.1, -0.05) is 6.07 Å². The van der Waals surface area contributed by atoms with Crippen molar-refractivity contribution in [2.75, 3.05) is 23.3 Å². The van der Waals surface area contributed by atoms with Crippen molar-refractivity contribution >= 4 is 17.5 Å². The molecule has 0 saturated carbocycles. The molecule has 0 bridgehead atoms. The first-order chi connectivity index (χ1) is 12.5. The summed E-state index contributed by atoms with van der Waals surface area (Å²) < 4.78 is 0. The van der Waals surface area contributed by atoms with Crippen LogP contribution in [0.25, 0.3) is 0 Å². The summed E-state index contributed by atoms with van der Waals surface area (Å²) in [7, 11) is 0. The van der Waals surface area contributed by atoms with E-state index in [0.29, 0.717) is 23.7 Å². The summed E-state index contributed by atoms with van der Waals surface area (Å²) in [5.41, 5.74) is 3.06. The molecule has 0 radical (unpaired) electrons. The van der Waals surface area contributed by atoms with Gasteiger partial charge in [0.1, 0.15) is 17.5 Å². The first kappa shape index (κ1) is 17.8. The van der Waals surface area contributed by atoms with Crippen molar-refractivity contribution in [1.29, 1.82) is 5.26 Å². The Bertz CT molecular complexity index is 873. The number of nitrogens with zero attached hydrogens (tertiary/aromatic N) is 5. The number of anilines is 2. The van der Waals surface area contributed by atoms with Gasteiger partial charge in [-0.15, -0.1) is 5.10 Å². The highest BCUT2D eigenvalue weighted by Crippen LogP contribution is 2.27. The lowest BCUT2D eigenvalue weighted by Crippen LogP contribution is -2.41. The highest BCUT2D eigenvalue weighted by molar-refractivity contribution is 5.92. The lowest BCUT2D eigenvalue weighted by Gasteiger charge is -2.33. The molecule has 1 unspecified atom stereocenters. The Labute approximate surface area is 153 Å². The van der Waals surface area contributed by atoms with E-state index in [0.717, 1.165) is 36.2 Å². The molecule has 1 atom stereocenters. The molecular weight excluding hydrogens is 328 g/mol. The fourth-order valence-corrected chi connectivity index (χ4v) is 3.17. The number of carbonyl (C=O) groups excluding carboxylic acids is 1. The SMILES string of the molecule is Cc1cccnc1NC(=O)C1CCCN(c2nnc(C)c(C)c2C#N)C1. The van der Waals surface area contributed by atoms with Crippen LogP contribution in [0.5, 0.6) is 0 Å². The van der Waals surface area contributed by atoms with Crippen LogP contribution in [-0.2, 0) is 4.79 Å². The van der Waals surface area contributed by atoms with E-state index in [4.69, 9.17) is 0 Å². The van der Waals surface area contributed by atoms with Crippen LogP contribution < -0.4 is 10.2 Å². The maximum Gasteiger partial charge on any atom is 0.230 e. The monoisotopic (exact) mass is 350 g/mol. The van der Waals surface area contributed by atoms with Gasteiger partial charge in [-0.05, 0) is 50.8 Å². The van der Waals surface area contributed by atoms with E-state index in [1.807, 2.05) is 37.8 Å². The Morgan fingerprint density at radius 3 is 2.88 bits per heavy atom. The van der Waals surface area contributed by atoms with E-state index in [2.05, 4.69) is 26.6 Å². The fraction of sp³-hybridized carbons (Fsp3) is 0.421. The van der Waals surface area contributed by atoms with Gasteiger partial charge in [0.05, 0.1) is 11.6 Å². The fourth-order valence-electron chi connectivity index (χ4n) is 3.17. The second-order valence-corrected chi connectivity index (χ2v) is 6.66. The van der Waals surface area contributed by atoms with E-state index in [-0.39, 0.29) is 11.8 Å². The first-order valence-electron chi connectivity index (χ1n) is 8.72. The van der Waals surface area contributed by atoms with Crippen molar-refractivity contribution in [2.24, 2.45) is 5.92 Å². The Kier molecular flexibility index (Phi) is 5.12. The molecule has 134 valence electrons. The lowest BCUT2D eigenvalue weighted by molar-refractivity contribution is -0.120. The number of aryl methyl sites for hydroxylation is 2. The standard InChI is InChI=1S/C19H22N6O/c1-12-6-4-8-21-17(12)22-19(26)15-7-5-9-25(11-15)18-16(10-20)13(2)14(3)23-24-18/h4,6,8,15H,5,7,9,11H2,1-3H3,(H,21,22,26). The number of rotatable bonds is 3. The van der Waals surface area contributed by atoms with Crippen LogP contribution in [0, 0.1) is 38.0 Å². The van der Waals surface area contributed by atoms with Crippen molar-refractivity contribution in [1.82, 2.24) is 15.2 Å². The third-order valence-corrected chi connectivity index (χ3v) is 4.89. The summed E-state index contributed by atoms with van der Waals surface area (Å²) in [6.45, 7) is 6.92. The Morgan fingerprint density at radius 2 is 2.15 bits per heavy atom. The minimum Gasteiger partial charge on any atom is -0.353 e. The minimum absolute atomic E-state index is 0.0493. The molecule has 3 heterocycles. The molecule has 0 aliphatic carbocycles. The summed E-state index contributed by atoms with van der Waals surface area (Å²) in [6, 6.07) is 6.00. The van der Waals surface area contributed by atoms with Crippen molar-refractivity contribution in [2.45, 2.75) is 33.6 Å². The van der Waals surface area contributed by atoms with E-state index in [9.17, 15) is 10.1 Å². The largest absolute Gasteiger partial charge is 0.353 e. The molecule has 1 saturated heterocycles. The second-order valence-electron chi connectivity index (χ2n) is 6.66. The zero-order valence-electron chi connectivity index (χ0n) is 15.3. The van der Waals surface area contributed by atoms with Gasteiger partial charge in [0.15, 0.2) is 5.82 Å². The van der Waals surface area contributed by atoms with Gasteiger partial charge in [-0.2, -0.15) is 10.4 Å². The van der Waals surface area contributed by atoms with Gasteiger partial charge in [0.25, 0.3) is 0 Å². The molecule has 1 amide bonds. The van der Waals surface area contributed by atoms with Crippen LogP contribution in [-0.4, -0.2) is 34.2 Å². The van der Waals surface area contributed by atoms with E-state index < -0.39 is 0 Å². The number of pyridine rings is 1. The van der Waals surface area contributed by atoms with Crippen molar-refractivity contribution in [3.05, 3.63) is 40.7 Å². The summed E-state index contributed by atoms with van der Waals surface area (Å²) in [4.78, 5) is 18.9. The Hall–Kier alpha value is -3.01. The topological polar surface area (TPSA) is 94.8 Å². The molecular formula is C19H22N6O.